The van der Waals surface area contributed by atoms with Crippen molar-refractivity contribution in [3.63, 3.8) is 0 Å². The van der Waals surface area contributed by atoms with Crippen LogP contribution in [0.5, 0.6) is 5.75 Å². The summed E-state index contributed by atoms with van der Waals surface area (Å²) >= 11 is 0. The predicted molar refractivity (Wildman–Crippen MR) is 76.2 cm³/mol. The van der Waals surface area contributed by atoms with Gasteiger partial charge in [0.05, 0.1) is 12.6 Å². The molecule has 0 aliphatic carbocycles. The highest BCUT2D eigenvalue weighted by atomic mass is 19.3. The van der Waals surface area contributed by atoms with Crippen molar-refractivity contribution in [3.8, 4) is 5.75 Å². The van der Waals surface area contributed by atoms with Crippen LogP contribution < -0.4 is 10.1 Å². The first-order valence-electron chi connectivity index (χ1n) is 6.62. The van der Waals surface area contributed by atoms with Crippen LogP contribution in [0.2, 0.25) is 0 Å². The molecule has 112 valence electrons. The maximum atomic E-state index is 12.3. The smallest absolute Gasteiger partial charge is 0.387 e. The molecule has 1 atom stereocenters. The summed E-state index contributed by atoms with van der Waals surface area (Å²) in [4.78, 5) is 0. The molecule has 0 aliphatic rings. The largest absolute Gasteiger partial charge is 0.434 e. The van der Waals surface area contributed by atoms with E-state index in [-0.39, 0.29) is 18.4 Å². The fourth-order valence-electron chi connectivity index (χ4n) is 2.07. The zero-order chi connectivity index (χ0) is 15.1. The van der Waals surface area contributed by atoms with Gasteiger partial charge in [-0.2, -0.15) is 8.78 Å². The lowest BCUT2D eigenvalue weighted by Crippen LogP contribution is -2.24. The van der Waals surface area contributed by atoms with Crippen molar-refractivity contribution in [1.82, 2.24) is 5.32 Å². The van der Waals surface area contributed by atoms with E-state index in [4.69, 9.17) is 0 Å². The molecule has 2 aromatic rings. The molecule has 0 heterocycles. The minimum atomic E-state index is -2.85. The van der Waals surface area contributed by atoms with E-state index in [1.165, 1.54) is 6.07 Å². The first-order valence-corrected chi connectivity index (χ1v) is 6.62. The van der Waals surface area contributed by atoms with Gasteiger partial charge in [0.2, 0.25) is 0 Å². The quantitative estimate of drug-likeness (QED) is 0.824. The van der Waals surface area contributed by atoms with Crippen LogP contribution in [0.4, 0.5) is 8.78 Å². The number of para-hydroxylation sites is 1. The topological polar surface area (TPSA) is 41.5 Å². The van der Waals surface area contributed by atoms with Crippen molar-refractivity contribution in [1.29, 1.82) is 0 Å². The van der Waals surface area contributed by atoms with Crippen molar-refractivity contribution >= 4 is 0 Å². The summed E-state index contributed by atoms with van der Waals surface area (Å²) in [6, 6.07) is 15.8. The highest BCUT2D eigenvalue weighted by Crippen LogP contribution is 2.21. The van der Waals surface area contributed by atoms with E-state index >= 15 is 0 Å². The number of ether oxygens (including phenoxy) is 1. The third-order valence-corrected chi connectivity index (χ3v) is 3.11. The average molecular weight is 293 g/mol. The monoisotopic (exact) mass is 293 g/mol. The summed E-state index contributed by atoms with van der Waals surface area (Å²) in [7, 11) is 0. The molecule has 0 saturated carbocycles. The number of hydrogen-bond acceptors (Lipinski definition) is 3. The molecule has 0 aromatic heterocycles. The highest BCUT2D eigenvalue weighted by Gasteiger charge is 2.12. The van der Waals surface area contributed by atoms with Gasteiger partial charge in [-0.15, -0.1) is 0 Å². The van der Waals surface area contributed by atoms with Crippen LogP contribution in [0.3, 0.4) is 0 Å². The number of rotatable bonds is 7. The van der Waals surface area contributed by atoms with Gasteiger partial charge in [0.15, 0.2) is 0 Å². The summed E-state index contributed by atoms with van der Waals surface area (Å²) in [5.41, 5.74) is 1.56. The molecule has 0 spiro atoms. The molecule has 2 rings (SSSR count). The lowest BCUT2D eigenvalue weighted by molar-refractivity contribution is -0.0505. The third kappa shape index (κ3) is 4.51. The van der Waals surface area contributed by atoms with Crippen LogP contribution in [0.1, 0.15) is 17.2 Å². The normalized spacial score (nSPS) is 12.4. The van der Waals surface area contributed by atoms with Gasteiger partial charge >= 0.3 is 6.61 Å². The van der Waals surface area contributed by atoms with Gasteiger partial charge in [-0.1, -0.05) is 48.5 Å². The number of benzene rings is 2. The SMILES string of the molecule is OC[C@H](NCc1ccccc1OC(F)F)c1ccccc1. The second kappa shape index (κ2) is 7.71. The van der Waals surface area contributed by atoms with E-state index in [0.29, 0.717) is 12.1 Å². The summed E-state index contributed by atoms with van der Waals surface area (Å²) in [6.07, 6.45) is 0. The van der Waals surface area contributed by atoms with E-state index in [1.807, 2.05) is 30.3 Å². The van der Waals surface area contributed by atoms with Crippen molar-refractivity contribution < 1.29 is 18.6 Å². The average Bonchev–Trinajstić information content (AvgIpc) is 2.50. The van der Waals surface area contributed by atoms with E-state index < -0.39 is 6.61 Å². The summed E-state index contributed by atoms with van der Waals surface area (Å²) in [5, 5.41) is 12.6. The molecular formula is C16H17F2NO2. The van der Waals surface area contributed by atoms with Gasteiger partial charge in [0.25, 0.3) is 0 Å². The fourth-order valence-corrected chi connectivity index (χ4v) is 2.07. The Labute approximate surface area is 122 Å². The van der Waals surface area contributed by atoms with Crippen LogP contribution in [0.15, 0.2) is 54.6 Å². The minimum Gasteiger partial charge on any atom is -0.434 e. The number of hydrogen-bond donors (Lipinski definition) is 2. The Kier molecular flexibility index (Phi) is 5.66. The van der Waals surface area contributed by atoms with Gasteiger partial charge in [0, 0.05) is 12.1 Å². The molecule has 0 bridgehead atoms. The molecule has 21 heavy (non-hydrogen) atoms. The number of halogens is 2. The van der Waals surface area contributed by atoms with Gasteiger partial charge in [-0.3, -0.25) is 0 Å². The maximum absolute atomic E-state index is 12.3. The van der Waals surface area contributed by atoms with Crippen molar-refractivity contribution in [2.24, 2.45) is 0 Å². The van der Waals surface area contributed by atoms with Gasteiger partial charge in [0.1, 0.15) is 5.75 Å². The van der Waals surface area contributed by atoms with E-state index in [1.54, 1.807) is 18.2 Å². The standard InChI is InChI=1S/C16H17F2NO2/c17-16(18)21-15-9-5-4-8-13(15)10-19-14(11-20)12-6-2-1-3-7-12/h1-9,14,16,19-20H,10-11H2/t14-/m0/s1. The molecule has 3 nitrogen and oxygen atoms in total. The summed E-state index contributed by atoms with van der Waals surface area (Å²) in [5.74, 6) is 0.143. The Hall–Kier alpha value is -1.98. The van der Waals surface area contributed by atoms with Crippen molar-refractivity contribution in [2.75, 3.05) is 6.61 Å². The second-order valence-electron chi connectivity index (χ2n) is 4.51. The van der Waals surface area contributed by atoms with Gasteiger partial charge < -0.3 is 15.2 Å². The predicted octanol–water partition coefficient (Wildman–Crippen LogP) is 3.11. The number of aliphatic hydroxyl groups excluding tert-OH is 1. The fraction of sp³-hybridized carbons (Fsp3) is 0.250. The van der Waals surface area contributed by atoms with Crippen molar-refractivity contribution in [2.45, 2.75) is 19.2 Å². The minimum absolute atomic E-state index is 0.0815. The highest BCUT2D eigenvalue weighted by molar-refractivity contribution is 5.33. The Morgan fingerprint density at radius 1 is 1.00 bits per heavy atom. The molecule has 0 aliphatic heterocycles. The van der Waals surface area contributed by atoms with E-state index in [0.717, 1.165) is 5.56 Å². The Morgan fingerprint density at radius 2 is 1.67 bits per heavy atom. The van der Waals surface area contributed by atoms with Gasteiger partial charge in [-0.05, 0) is 11.6 Å². The molecule has 0 radical (unpaired) electrons. The van der Waals surface area contributed by atoms with E-state index in [2.05, 4.69) is 10.1 Å². The second-order valence-corrected chi connectivity index (χ2v) is 4.51. The zero-order valence-electron chi connectivity index (χ0n) is 11.4. The first kappa shape index (κ1) is 15.4. The molecule has 0 fully saturated rings. The first-order chi connectivity index (χ1) is 10.2. The van der Waals surface area contributed by atoms with Crippen molar-refractivity contribution in [3.05, 3.63) is 65.7 Å². The Balaban J connectivity index is 2.05. The van der Waals surface area contributed by atoms with Crippen LogP contribution >= 0.6 is 0 Å². The summed E-state index contributed by atoms with van der Waals surface area (Å²) in [6.45, 7) is -2.61. The number of aliphatic hydroxyl groups is 1. The Morgan fingerprint density at radius 3 is 2.33 bits per heavy atom. The molecule has 2 aromatic carbocycles. The number of alkyl halides is 2. The van der Waals surface area contributed by atoms with E-state index in [9.17, 15) is 13.9 Å². The zero-order valence-corrected chi connectivity index (χ0v) is 11.4. The molecule has 0 unspecified atom stereocenters. The van der Waals surface area contributed by atoms with Crippen LogP contribution in [-0.2, 0) is 6.54 Å². The van der Waals surface area contributed by atoms with Crippen LogP contribution in [-0.4, -0.2) is 18.3 Å². The maximum Gasteiger partial charge on any atom is 0.387 e. The molecule has 2 N–H and O–H groups in total. The molecule has 0 saturated heterocycles. The Bertz CT molecular complexity index is 549. The molecule has 5 heteroatoms. The third-order valence-electron chi connectivity index (χ3n) is 3.11. The lowest BCUT2D eigenvalue weighted by atomic mass is 10.1. The van der Waals surface area contributed by atoms with Gasteiger partial charge in [-0.25, -0.2) is 0 Å². The lowest BCUT2D eigenvalue weighted by Gasteiger charge is -2.18. The summed E-state index contributed by atoms with van der Waals surface area (Å²) < 4.78 is 29.2. The molecular weight excluding hydrogens is 276 g/mol. The van der Waals surface area contributed by atoms with Crippen LogP contribution in [0.25, 0.3) is 0 Å². The molecule has 0 amide bonds. The number of nitrogens with one attached hydrogen (secondary N) is 1. The van der Waals surface area contributed by atoms with Crippen LogP contribution in [0, 0.1) is 0 Å².